The second kappa shape index (κ2) is 9.24. The number of rotatable bonds is 5. The lowest BCUT2D eigenvalue weighted by Gasteiger charge is -2.35. The number of nitro groups is 1. The number of halogens is 2. The van der Waals surface area contributed by atoms with Crippen LogP contribution in [0.2, 0.25) is 5.02 Å². The highest BCUT2D eigenvalue weighted by atomic mass is 35.5. The summed E-state index contributed by atoms with van der Waals surface area (Å²) < 4.78 is 41.2. The van der Waals surface area contributed by atoms with Crippen molar-refractivity contribution in [1.82, 2.24) is 14.3 Å². The van der Waals surface area contributed by atoms with E-state index in [4.69, 9.17) is 11.6 Å². The van der Waals surface area contributed by atoms with E-state index in [1.54, 1.807) is 12.1 Å². The molecule has 1 aliphatic rings. The van der Waals surface area contributed by atoms with Crippen LogP contribution in [-0.4, -0.2) is 53.8 Å². The first-order chi connectivity index (χ1) is 16.1. The zero-order valence-electron chi connectivity index (χ0n) is 18.4. The molecule has 0 saturated carbocycles. The zero-order chi connectivity index (χ0) is 24.6. The molecule has 1 aliphatic heterocycles. The third kappa shape index (κ3) is 4.59. The predicted molar refractivity (Wildman–Crippen MR) is 126 cm³/mol. The Balaban J connectivity index is 1.57. The topological polar surface area (TPSA) is 110 Å². The van der Waals surface area contributed by atoms with Crippen molar-refractivity contribution >= 4 is 33.1 Å². The molecule has 34 heavy (non-hydrogen) atoms. The minimum absolute atomic E-state index is 0.127. The fraction of sp³-hybridized carbons (Fsp3) is 0.273. The Morgan fingerprint density at radius 2 is 1.76 bits per heavy atom. The Kier molecular flexibility index (Phi) is 6.52. The molecular formula is C22H21ClFN5O4S. The zero-order valence-corrected chi connectivity index (χ0v) is 20.0. The molecule has 178 valence electrons. The highest BCUT2D eigenvalue weighted by Gasteiger charge is 2.31. The van der Waals surface area contributed by atoms with Crippen LogP contribution in [0.1, 0.15) is 11.3 Å². The van der Waals surface area contributed by atoms with Crippen molar-refractivity contribution in [2.24, 2.45) is 0 Å². The molecule has 0 radical (unpaired) electrons. The lowest BCUT2D eigenvalue weighted by Crippen LogP contribution is -2.49. The summed E-state index contributed by atoms with van der Waals surface area (Å²) in [5, 5.41) is 11.0. The number of aromatic nitrogens is 2. The van der Waals surface area contributed by atoms with Crippen LogP contribution in [0.15, 0.2) is 47.4 Å². The molecule has 0 amide bonds. The maximum absolute atomic E-state index is 13.7. The van der Waals surface area contributed by atoms with Crippen LogP contribution in [0.4, 0.5) is 15.9 Å². The van der Waals surface area contributed by atoms with Crippen LogP contribution in [0.5, 0.6) is 0 Å². The summed E-state index contributed by atoms with van der Waals surface area (Å²) in [7, 11) is -3.95. The van der Waals surface area contributed by atoms with Gasteiger partial charge in [-0.15, -0.1) is 0 Å². The minimum Gasteiger partial charge on any atom is -0.354 e. The number of aryl methyl sites for hydroxylation is 1. The number of hydrogen-bond acceptors (Lipinski definition) is 7. The Labute approximate surface area is 201 Å². The van der Waals surface area contributed by atoms with E-state index in [0.29, 0.717) is 30.3 Å². The fourth-order valence-corrected chi connectivity index (χ4v) is 5.39. The van der Waals surface area contributed by atoms with Crippen LogP contribution in [0.3, 0.4) is 0 Å². The monoisotopic (exact) mass is 505 g/mol. The average molecular weight is 506 g/mol. The number of sulfonamides is 1. The van der Waals surface area contributed by atoms with Crippen LogP contribution < -0.4 is 4.90 Å². The number of anilines is 1. The van der Waals surface area contributed by atoms with Crippen molar-refractivity contribution in [3.63, 3.8) is 0 Å². The molecule has 2 heterocycles. The first-order valence-electron chi connectivity index (χ1n) is 10.4. The van der Waals surface area contributed by atoms with E-state index in [0.717, 1.165) is 17.3 Å². The van der Waals surface area contributed by atoms with Crippen molar-refractivity contribution in [2.45, 2.75) is 18.7 Å². The summed E-state index contributed by atoms with van der Waals surface area (Å²) in [6.07, 6.45) is 0. The maximum atomic E-state index is 13.7. The molecule has 12 heteroatoms. The summed E-state index contributed by atoms with van der Waals surface area (Å²) >= 11 is 5.82. The molecule has 1 aromatic heterocycles. The molecule has 0 spiro atoms. The second-order valence-electron chi connectivity index (χ2n) is 7.85. The van der Waals surface area contributed by atoms with Gasteiger partial charge in [0.1, 0.15) is 16.7 Å². The lowest BCUT2D eigenvalue weighted by atomic mass is 10.1. The molecule has 9 nitrogen and oxygen atoms in total. The van der Waals surface area contributed by atoms with E-state index in [9.17, 15) is 22.9 Å². The van der Waals surface area contributed by atoms with Gasteiger partial charge in [-0.1, -0.05) is 23.7 Å². The third-order valence-electron chi connectivity index (χ3n) is 5.74. The van der Waals surface area contributed by atoms with Gasteiger partial charge in [0.05, 0.1) is 9.82 Å². The molecule has 1 saturated heterocycles. The second-order valence-corrected chi connectivity index (χ2v) is 10.2. The molecule has 2 aromatic carbocycles. The highest BCUT2D eigenvalue weighted by Crippen LogP contribution is 2.30. The van der Waals surface area contributed by atoms with E-state index in [1.165, 1.54) is 28.6 Å². The quantitative estimate of drug-likeness (QED) is 0.381. The molecular weight excluding hydrogens is 485 g/mol. The number of nitrogens with zero attached hydrogens (tertiary/aromatic N) is 5. The van der Waals surface area contributed by atoms with Crippen molar-refractivity contribution in [3.8, 4) is 11.4 Å². The number of hydrogen-bond donors (Lipinski definition) is 0. The summed E-state index contributed by atoms with van der Waals surface area (Å²) in [4.78, 5) is 21.4. The van der Waals surface area contributed by atoms with Gasteiger partial charge in [0, 0.05) is 49.1 Å². The van der Waals surface area contributed by atoms with E-state index < -0.39 is 20.6 Å². The Bertz CT molecular complexity index is 1380. The summed E-state index contributed by atoms with van der Waals surface area (Å²) in [5.74, 6) is 0.661. The van der Waals surface area contributed by atoms with E-state index in [-0.39, 0.29) is 28.8 Å². The third-order valence-corrected chi connectivity index (χ3v) is 7.95. The first-order valence-corrected chi connectivity index (χ1v) is 12.2. The molecule has 0 N–H and O–H groups in total. The van der Waals surface area contributed by atoms with Crippen LogP contribution in [0.25, 0.3) is 11.4 Å². The number of benzene rings is 2. The van der Waals surface area contributed by atoms with Crippen molar-refractivity contribution in [1.29, 1.82) is 0 Å². The normalized spacial score (nSPS) is 14.9. The standard InChI is InChI=1S/C22H21ClFN5O4S/c1-14-15(2)25-21(16-4-3-5-17(24)12-16)26-22(14)27-8-10-28(11-9-27)34(32,33)18-6-7-19(23)20(13-18)29(30)31/h3-7,12-13H,8-11H2,1-2H3. The highest BCUT2D eigenvalue weighted by molar-refractivity contribution is 7.89. The van der Waals surface area contributed by atoms with Crippen molar-refractivity contribution in [3.05, 3.63) is 74.7 Å². The van der Waals surface area contributed by atoms with Crippen LogP contribution in [0, 0.1) is 29.8 Å². The maximum Gasteiger partial charge on any atom is 0.289 e. The van der Waals surface area contributed by atoms with Crippen molar-refractivity contribution < 1.29 is 17.7 Å². The SMILES string of the molecule is Cc1nc(-c2cccc(F)c2)nc(N2CCN(S(=O)(=O)c3ccc(Cl)c([N+](=O)[O-])c3)CC2)c1C. The summed E-state index contributed by atoms with van der Waals surface area (Å²) in [5.41, 5.74) is 1.69. The van der Waals surface area contributed by atoms with Gasteiger partial charge in [-0.25, -0.2) is 22.8 Å². The molecule has 0 atom stereocenters. The van der Waals surface area contributed by atoms with Gasteiger partial charge in [-0.05, 0) is 38.1 Å². The van der Waals surface area contributed by atoms with Gasteiger partial charge in [-0.2, -0.15) is 4.31 Å². The van der Waals surface area contributed by atoms with E-state index in [2.05, 4.69) is 9.97 Å². The van der Waals surface area contributed by atoms with Gasteiger partial charge in [0.2, 0.25) is 10.0 Å². The van der Waals surface area contributed by atoms with Crippen LogP contribution >= 0.6 is 11.6 Å². The van der Waals surface area contributed by atoms with Gasteiger partial charge in [0.25, 0.3) is 5.69 Å². The molecule has 0 unspecified atom stereocenters. The number of nitro benzene ring substituents is 1. The fourth-order valence-electron chi connectivity index (χ4n) is 3.76. The Hall–Kier alpha value is -3.15. The Morgan fingerprint density at radius 3 is 2.41 bits per heavy atom. The van der Waals surface area contributed by atoms with Gasteiger partial charge in [-0.3, -0.25) is 10.1 Å². The molecule has 3 aromatic rings. The van der Waals surface area contributed by atoms with E-state index >= 15 is 0 Å². The largest absolute Gasteiger partial charge is 0.354 e. The molecule has 0 bridgehead atoms. The lowest BCUT2D eigenvalue weighted by molar-refractivity contribution is -0.384. The van der Waals surface area contributed by atoms with Gasteiger partial charge in [0.15, 0.2) is 5.82 Å². The number of piperazine rings is 1. The van der Waals surface area contributed by atoms with Gasteiger partial charge < -0.3 is 4.90 Å². The van der Waals surface area contributed by atoms with Crippen LogP contribution in [-0.2, 0) is 10.0 Å². The Morgan fingerprint density at radius 1 is 1.06 bits per heavy atom. The smallest absolute Gasteiger partial charge is 0.289 e. The molecule has 0 aliphatic carbocycles. The van der Waals surface area contributed by atoms with Gasteiger partial charge >= 0.3 is 0 Å². The molecule has 4 rings (SSSR count). The first kappa shape index (κ1) is 24.0. The van der Waals surface area contributed by atoms with Crippen molar-refractivity contribution in [2.75, 3.05) is 31.1 Å². The van der Waals surface area contributed by atoms with E-state index in [1.807, 2.05) is 18.7 Å². The summed E-state index contributed by atoms with van der Waals surface area (Å²) in [6.45, 7) is 4.77. The summed E-state index contributed by atoms with van der Waals surface area (Å²) in [6, 6.07) is 9.49. The predicted octanol–water partition coefficient (Wildman–Crippen LogP) is 3.97. The average Bonchev–Trinajstić information content (AvgIpc) is 2.81. The molecule has 1 fully saturated rings. The minimum atomic E-state index is -3.95.